The molecule has 5 nitrogen and oxygen atoms in total. The SMILES string of the molecule is Cc1cc(-c2ccc(C(=O)N3CCN(C4CCCC4)C(=O)C3)cc2)ccc1O. The number of phenols is 1. The Hall–Kier alpha value is -2.82. The zero-order chi connectivity index (χ0) is 19.7. The van der Waals surface area contributed by atoms with Gasteiger partial charge in [0.05, 0.1) is 0 Å². The number of hydrogen-bond donors (Lipinski definition) is 1. The topological polar surface area (TPSA) is 60.9 Å². The van der Waals surface area contributed by atoms with E-state index in [9.17, 15) is 14.7 Å². The lowest BCUT2D eigenvalue weighted by atomic mass is 10.0. The minimum absolute atomic E-state index is 0.0719. The summed E-state index contributed by atoms with van der Waals surface area (Å²) in [5.74, 6) is 0.257. The molecule has 0 spiro atoms. The van der Waals surface area contributed by atoms with E-state index in [1.54, 1.807) is 11.0 Å². The van der Waals surface area contributed by atoms with Crippen molar-refractivity contribution < 1.29 is 14.7 Å². The monoisotopic (exact) mass is 378 g/mol. The van der Waals surface area contributed by atoms with Gasteiger partial charge >= 0.3 is 0 Å². The van der Waals surface area contributed by atoms with E-state index in [1.165, 1.54) is 12.8 Å². The Morgan fingerprint density at radius 1 is 1.00 bits per heavy atom. The van der Waals surface area contributed by atoms with E-state index in [4.69, 9.17) is 0 Å². The molecule has 0 unspecified atom stereocenters. The van der Waals surface area contributed by atoms with E-state index in [0.717, 1.165) is 29.5 Å². The minimum atomic E-state index is -0.0899. The second-order valence-corrected chi connectivity index (χ2v) is 7.83. The molecule has 1 heterocycles. The summed E-state index contributed by atoms with van der Waals surface area (Å²) in [6.07, 6.45) is 4.59. The Kier molecular flexibility index (Phi) is 5.07. The Morgan fingerprint density at radius 2 is 1.68 bits per heavy atom. The highest BCUT2D eigenvalue weighted by Crippen LogP contribution is 2.27. The lowest BCUT2D eigenvalue weighted by Crippen LogP contribution is -2.54. The van der Waals surface area contributed by atoms with Gasteiger partial charge in [-0.05, 0) is 60.7 Å². The maximum absolute atomic E-state index is 12.8. The number of carbonyl (C=O) groups is 2. The fourth-order valence-electron chi connectivity index (χ4n) is 4.28. The summed E-state index contributed by atoms with van der Waals surface area (Å²) in [5.41, 5.74) is 3.40. The molecule has 4 rings (SSSR count). The molecule has 0 bridgehead atoms. The highest BCUT2D eigenvalue weighted by atomic mass is 16.3. The van der Waals surface area contributed by atoms with Gasteiger partial charge in [-0.2, -0.15) is 0 Å². The number of piperazine rings is 1. The third-order valence-electron chi connectivity index (χ3n) is 5.97. The summed E-state index contributed by atoms with van der Waals surface area (Å²) >= 11 is 0. The lowest BCUT2D eigenvalue weighted by Gasteiger charge is -2.37. The van der Waals surface area contributed by atoms with Gasteiger partial charge in [0.2, 0.25) is 5.91 Å². The number of benzene rings is 2. The van der Waals surface area contributed by atoms with Gasteiger partial charge in [0.15, 0.2) is 0 Å². The summed E-state index contributed by atoms with van der Waals surface area (Å²) < 4.78 is 0. The average Bonchev–Trinajstić information content (AvgIpc) is 3.24. The molecule has 2 fully saturated rings. The van der Waals surface area contributed by atoms with Crippen LogP contribution in [-0.4, -0.2) is 52.4 Å². The van der Waals surface area contributed by atoms with Crippen LogP contribution in [0.3, 0.4) is 0 Å². The summed E-state index contributed by atoms with van der Waals surface area (Å²) in [6, 6.07) is 13.3. The van der Waals surface area contributed by atoms with Gasteiger partial charge in [-0.25, -0.2) is 0 Å². The van der Waals surface area contributed by atoms with Crippen LogP contribution in [0.25, 0.3) is 11.1 Å². The van der Waals surface area contributed by atoms with Crippen LogP contribution in [0, 0.1) is 6.92 Å². The molecule has 0 atom stereocenters. The van der Waals surface area contributed by atoms with Crippen LogP contribution in [0.15, 0.2) is 42.5 Å². The first-order valence-electron chi connectivity index (χ1n) is 10.0. The molecule has 1 saturated carbocycles. The quantitative estimate of drug-likeness (QED) is 0.888. The van der Waals surface area contributed by atoms with E-state index in [0.29, 0.717) is 24.7 Å². The highest BCUT2D eigenvalue weighted by molar-refractivity contribution is 5.97. The number of amides is 2. The van der Waals surface area contributed by atoms with Crippen LogP contribution in [0.5, 0.6) is 5.75 Å². The lowest BCUT2D eigenvalue weighted by molar-refractivity contribution is -0.137. The summed E-state index contributed by atoms with van der Waals surface area (Å²) in [5, 5.41) is 9.68. The number of rotatable bonds is 3. The predicted octanol–water partition coefficient (Wildman–Crippen LogP) is 3.59. The number of phenolic OH excluding ortho intramolecular Hbond substituents is 1. The molecule has 2 aliphatic rings. The first-order chi connectivity index (χ1) is 13.5. The molecular formula is C23H26N2O3. The van der Waals surface area contributed by atoms with Crippen molar-refractivity contribution in [3.8, 4) is 16.9 Å². The average molecular weight is 378 g/mol. The van der Waals surface area contributed by atoms with Gasteiger partial charge in [-0.3, -0.25) is 9.59 Å². The normalized spacial score (nSPS) is 18.0. The molecule has 1 aliphatic carbocycles. The zero-order valence-electron chi connectivity index (χ0n) is 16.2. The van der Waals surface area contributed by atoms with Crippen molar-refractivity contribution in [1.29, 1.82) is 0 Å². The van der Waals surface area contributed by atoms with Gasteiger partial charge < -0.3 is 14.9 Å². The number of nitrogens with zero attached hydrogens (tertiary/aromatic N) is 2. The highest BCUT2D eigenvalue weighted by Gasteiger charge is 2.33. The fourth-order valence-corrected chi connectivity index (χ4v) is 4.28. The van der Waals surface area contributed by atoms with Crippen molar-refractivity contribution in [2.75, 3.05) is 19.6 Å². The Labute approximate surface area is 165 Å². The van der Waals surface area contributed by atoms with Gasteiger partial charge in [0, 0.05) is 24.7 Å². The van der Waals surface area contributed by atoms with Crippen LogP contribution in [0.2, 0.25) is 0 Å². The van der Waals surface area contributed by atoms with Crippen molar-refractivity contribution in [1.82, 2.24) is 9.80 Å². The fraction of sp³-hybridized carbons (Fsp3) is 0.391. The number of aryl methyl sites for hydroxylation is 1. The largest absolute Gasteiger partial charge is 0.508 e. The smallest absolute Gasteiger partial charge is 0.254 e. The Morgan fingerprint density at radius 3 is 2.32 bits per heavy atom. The molecule has 0 radical (unpaired) electrons. The maximum atomic E-state index is 12.8. The molecule has 1 aliphatic heterocycles. The van der Waals surface area contributed by atoms with Gasteiger partial charge in [-0.1, -0.05) is 31.0 Å². The minimum Gasteiger partial charge on any atom is -0.508 e. The predicted molar refractivity (Wildman–Crippen MR) is 108 cm³/mol. The van der Waals surface area contributed by atoms with Crippen molar-refractivity contribution in [3.05, 3.63) is 53.6 Å². The van der Waals surface area contributed by atoms with Gasteiger partial charge in [0.25, 0.3) is 5.91 Å². The molecule has 5 heteroatoms. The third kappa shape index (κ3) is 3.61. The van der Waals surface area contributed by atoms with Gasteiger partial charge in [-0.15, -0.1) is 0 Å². The second-order valence-electron chi connectivity index (χ2n) is 7.83. The zero-order valence-corrected chi connectivity index (χ0v) is 16.2. The van der Waals surface area contributed by atoms with E-state index < -0.39 is 0 Å². The standard InChI is InChI=1S/C23H26N2O3/c1-16-14-19(10-11-21(16)26)17-6-8-18(9-7-17)23(28)24-12-13-25(22(27)15-24)20-4-2-3-5-20/h6-11,14,20,26H,2-5,12-13,15H2,1H3. The molecule has 146 valence electrons. The molecular weight excluding hydrogens is 352 g/mol. The Balaban J connectivity index is 1.43. The van der Waals surface area contributed by atoms with Crippen molar-refractivity contribution in [2.45, 2.75) is 38.6 Å². The Bertz CT molecular complexity index is 885. The van der Waals surface area contributed by atoms with E-state index in [2.05, 4.69) is 0 Å². The molecule has 2 amide bonds. The first-order valence-corrected chi connectivity index (χ1v) is 10.0. The first kappa shape index (κ1) is 18.5. The maximum Gasteiger partial charge on any atom is 0.254 e. The van der Waals surface area contributed by atoms with Crippen LogP contribution in [-0.2, 0) is 4.79 Å². The second kappa shape index (κ2) is 7.66. The van der Waals surface area contributed by atoms with Crippen LogP contribution in [0.4, 0.5) is 0 Å². The number of hydrogen-bond acceptors (Lipinski definition) is 3. The summed E-state index contributed by atoms with van der Waals surface area (Å²) in [7, 11) is 0. The third-order valence-corrected chi connectivity index (χ3v) is 5.97. The molecule has 0 aromatic heterocycles. The summed E-state index contributed by atoms with van der Waals surface area (Å²) in [6.45, 7) is 3.27. The molecule has 1 N–H and O–H groups in total. The summed E-state index contributed by atoms with van der Waals surface area (Å²) in [4.78, 5) is 29.0. The van der Waals surface area contributed by atoms with E-state index in [-0.39, 0.29) is 24.1 Å². The molecule has 1 saturated heterocycles. The van der Waals surface area contributed by atoms with E-state index >= 15 is 0 Å². The van der Waals surface area contributed by atoms with E-state index in [1.807, 2.05) is 48.2 Å². The van der Waals surface area contributed by atoms with Crippen LogP contribution >= 0.6 is 0 Å². The molecule has 2 aromatic carbocycles. The number of carbonyl (C=O) groups excluding carboxylic acids is 2. The molecule has 28 heavy (non-hydrogen) atoms. The van der Waals surface area contributed by atoms with Crippen molar-refractivity contribution >= 4 is 11.8 Å². The van der Waals surface area contributed by atoms with Crippen LogP contribution < -0.4 is 0 Å². The van der Waals surface area contributed by atoms with Crippen molar-refractivity contribution in [2.24, 2.45) is 0 Å². The molecule has 2 aromatic rings. The van der Waals surface area contributed by atoms with Crippen molar-refractivity contribution in [3.63, 3.8) is 0 Å². The number of aromatic hydroxyl groups is 1. The van der Waals surface area contributed by atoms with Gasteiger partial charge in [0.1, 0.15) is 12.3 Å². The van der Waals surface area contributed by atoms with Crippen LogP contribution in [0.1, 0.15) is 41.6 Å².